The lowest BCUT2D eigenvalue weighted by molar-refractivity contribution is -0.174. The number of hydrogen-bond acceptors (Lipinski definition) is 4. The normalized spacial score (nSPS) is 16.9. The molecule has 0 N–H and O–H groups in total. The number of rotatable bonds is 4. The zero-order chi connectivity index (χ0) is 19.7. The topological polar surface area (TPSA) is 59.1 Å². The third-order valence-electron chi connectivity index (χ3n) is 5.24. The predicted octanol–water partition coefficient (Wildman–Crippen LogP) is 3.07. The summed E-state index contributed by atoms with van der Waals surface area (Å²) in [5.41, 5.74) is 1.25. The molecule has 146 valence electrons. The Bertz CT molecular complexity index is 891. The van der Waals surface area contributed by atoms with Gasteiger partial charge in [0.2, 0.25) is 0 Å². The first-order valence-electron chi connectivity index (χ1n) is 9.07. The van der Waals surface area contributed by atoms with Crippen LogP contribution in [0.2, 0.25) is 0 Å². The molecule has 0 bridgehead atoms. The number of carbonyl (C=O) groups is 2. The van der Waals surface area contributed by atoms with Crippen molar-refractivity contribution in [3.8, 4) is 0 Å². The standard InChI is InChI=1S/C21H21FN2O4/c1-27-19(25)15-7-8-16(18(22)9-15)10-24(17-5-3-2-4-6-17)20(26)23-11-21(12-23)13-28-14-21/h2-9H,10-14H2,1H3. The number of hydrogen-bond donors (Lipinski definition) is 0. The van der Waals surface area contributed by atoms with Gasteiger partial charge in [-0.05, 0) is 24.3 Å². The number of benzene rings is 2. The summed E-state index contributed by atoms with van der Waals surface area (Å²) in [4.78, 5) is 28.0. The van der Waals surface area contributed by atoms with Gasteiger partial charge in [0.15, 0.2) is 0 Å². The Morgan fingerprint density at radius 3 is 2.46 bits per heavy atom. The first-order valence-corrected chi connectivity index (χ1v) is 9.07. The maximum atomic E-state index is 14.6. The van der Waals surface area contributed by atoms with Crippen LogP contribution in [-0.2, 0) is 16.0 Å². The molecule has 2 amide bonds. The molecule has 1 spiro atoms. The van der Waals surface area contributed by atoms with Crippen LogP contribution in [0.3, 0.4) is 0 Å². The van der Waals surface area contributed by atoms with Gasteiger partial charge < -0.3 is 14.4 Å². The lowest BCUT2D eigenvalue weighted by Gasteiger charge is -2.55. The molecule has 2 aromatic carbocycles. The Morgan fingerprint density at radius 2 is 1.89 bits per heavy atom. The second-order valence-electron chi connectivity index (χ2n) is 7.35. The Morgan fingerprint density at radius 1 is 1.18 bits per heavy atom. The molecule has 2 aromatic rings. The van der Waals surface area contributed by atoms with E-state index >= 15 is 0 Å². The van der Waals surface area contributed by atoms with E-state index in [9.17, 15) is 14.0 Å². The summed E-state index contributed by atoms with van der Waals surface area (Å²) in [6.07, 6.45) is 0. The van der Waals surface area contributed by atoms with Crippen molar-refractivity contribution in [2.75, 3.05) is 38.3 Å². The lowest BCUT2D eigenvalue weighted by atomic mass is 9.78. The van der Waals surface area contributed by atoms with Crippen molar-refractivity contribution < 1.29 is 23.5 Å². The Kier molecular flexibility index (Phi) is 4.77. The highest BCUT2D eigenvalue weighted by atomic mass is 19.1. The number of carbonyl (C=O) groups excluding carboxylic acids is 2. The zero-order valence-electron chi connectivity index (χ0n) is 15.6. The summed E-state index contributed by atoms with van der Waals surface area (Å²) in [5.74, 6) is -1.15. The molecule has 0 unspecified atom stereocenters. The summed E-state index contributed by atoms with van der Waals surface area (Å²) >= 11 is 0. The van der Waals surface area contributed by atoms with Crippen molar-refractivity contribution in [2.45, 2.75) is 6.54 Å². The van der Waals surface area contributed by atoms with E-state index < -0.39 is 11.8 Å². The number of urea groups is 1. The SMILES string of the molecule is COC(=O)c1ccc(CN(C(=O)N2CC3(COC3)C2)c2ccccc2)c(F)c1. The molecule has 2 saturated heterocycles. The zero-order valence-corrected chi connectivity index (χ0v) is 15.6. The van der Waals surface area contributed by atoms with Crippen LogP contribution in [0.5, 0.6) is 0 Å². The highest BCUT2D eigenvalue weighted by Gasteiger charge is 2.51. The molecule has 0 aromatic heterocycles. The summed E-state index contributed by atoms with van der Waals surface area (Å²) in [6, 6.07) is 13.2. The van der Waals surface area contributed by atoms with Crippen LogP contribution in [0.15, 0.2) is 48.5 Å². The third kappa shape index (κ3) is 3.33. The van der Waals surface area contributed by atoms with Crippen molar-refractivity contribution in [3.05, 3.63) is 65.5 Å². The Balaban J connectivity index is 1.56. The molecule has 0 atom stereocenters. The van der Waals surface area contributed by atoms with E-state index in [0.717, 1.165) is 6.07 Å². The number of ether oxygens (including phenoxy) is 2. The number of esters is 1. The van der Waals surface area contributed by atoms with Gasteiger partial charge in [-0.15, -0.1) is 0 Å². The van der Waals surface area contributed by atoms with Gasteiger partial charge in [-0.25, -0.2) is 14.0 Å². The molecule has 2 aliphatic rings. The summed E-state index contributed by atoms with van der Waals surface area (Å²) in [7, 11) is 1.25. The minimum Gasteiger partial charge on any atom is -0.465 e. The molecule has 2 heterocycles. The quantitative estimate of drug-likeness (QED) is 0.761. The predicted molar refractivity (Wildman–Crippen MR) is 101 cm³/mol. The smallest absolute Gasteiger partial charge is 0.337 e. The van der Waals surface area contributed by atoms with Crippen LogP contribution in [0.25, 0.3) is 0 Å². The average Bonchev–Trinajstić information content (AvgIpc) is 2.64. The first-order chi connectivity index (χ1) is 13.5. The molecule has 0 saturated carbocycles. The van der Waals surface area contributed by atoms with E-state index in [2.05, 4.69) is 4.74 Å². The van der Waals surface area contributed by atoms with Crippen molar-refractivity contribution >= 4 is 17.7 Å². The molecule has 0 radical (unpaired) electrons. The molecular formula is C21H21FN2O4. The first kappa shape index (κ1) is 18.4. The summed E-state index contributed by atoms with van der Waals surface area (Å²) in [6.45, 7) is 2.74. The molecular weight excluding hydrogens is 363 g/mol. The van der Waals surface area contributed by atoms with Crippen LogP contribution in [0, 0.1) is 11.2 Å². The Labute approximate surface area is 162 Å². The second-order valence-corrected chi connectivity index (χ2v) is 7.35. The van der Waals surface area contributed by atoms with Crippen LogP contribution < -0.4 is 4.90 Å². The van der Waals surface area contributed by atoms with Gasteiger partial charge in [-0.2, -0.15) is 0 Å². The largest absolute Gasteiger partial charge is 0.465 e. The number of likely N-dealkylation sites (tertiary alicyclic amines) is 1. The van der Waals surface area contributed by atoms with Gasteiger partial charge in [-0.3, -0.25) is 4.90 Å². The maximum Gasteiger partial charge on any atom is 0.337 e. The highest BCUT2D eigenvalue weighted by Crippen LogP contribution is 2.38. The highest BCUT2D eigenvalue weighted by molar-refractivity contribution is 5.93. The van der Waals surface area contributed by atoms with Crippen LogP contribution in [-0.4, -0.2) is 50.3 Å². The van der Waals surface area contributed by atoms with Gasteiger partial charge in [0, 0.05) is 24.3 Å². The molecule has 2 aliphatic heterocycles. The number of nitrogens with zero attached hydrogens (tertiary/aromatic N) is 2. The number of halogens is 1. The van der Waals surface area contributed by atoms with Gasteiger partial charge in [0.1, 0.15) is 5.82 Å². The maximum absolute atomic E-state index is 14.6. The fourth-order valence-electron chi connectivity index (χ4n) is 3.61. The Hall–Kier alpha value is -2.93. The molecule has 4 rings (SSSR count). The van der Waals surface area contributed by atoms with E-state index in [1.807, 2.05) is 30.3 Å². The fraction of sp³-hybridized carbons (Fsp3) is 0.333. The summed E-state index contributed by atoms with van der Waals surface area (Å²) in [5, 5.41) is 0. The average molecular weight is 384 g/mol. The molecule has 2 fully saturated rings. The van der Waals surface area contributed by atoms with Gasteiger partial charge in [-0.1, -0.05) is 24.3 Å². The van der Waals surface area contributed by atoms with E-state index in [1.165, 1.54) is 19.2 Å². The minimum absolute atomic E-state index is 0.0656. The van der Waals surface area contributed by atoms with Gasteiger partial charge >= 0.3 is 12.0 Å². The van der Waals surface area contributed by atoms with E-state index in [-0.39, 0.29) is 23.6 Å². The molecule has 6 nitrogen and oxygen atoms in total. The monoisotopic (exact) mass is 384 g/mol. The van der Waals surface area contributed by atoms with Crippen molar-refractivity contribution in [1.82, 2.24) is 4.90 Å². The lowest BCUT2D eigenvalue weighted by Crippen LogP contribution is -2.68. The second kappa shape index (κ2) is 7.24. The fourth-order valence-corrected chi connectivity index (χ4v) is 3.61. The number of anilines is 1. The molecule has 0 aliphatic carbocycles. The molecule has 28 heavy (non-hydrogen) atoms. The van der Waals surface area contributed by atoms with Crippen molar-refractivity contribution in [2.24, 2.45) is 5.41 Å². The third-order valence-corrected chi connectivity index (χ3v) is 5.24. The van der Waals surface area contributed by atoms with Crippen LogP contribution in [0.1, 0.15) is 15.9 Å². The van der Waals surface area contributed by atoms with E-state index in [1.54, 1.807) is 9.80 Å². The van der Waals surface area contributed by atoms with Gasteiger partial charge in [0.25, 0.3) is 0 Å². The van der Waals surface area contributed by atoms with Crippen molar-refractivity contribution in [1.29, 1.82) is 0 Å². The molecule has 7 heteroatoms. The number of para-hydroxylation sites is 1. The number of methoxy groups -OCH3 is 1. The van der Waals surface area contributed by atoms with E-state index in [4.69, 9.17) is 4.74 Å². The van der Waals surface area contributed by atoms with E-state index in [0.29, 0.717) is 37.6 Å². The van der Waals surface area contributed by atoms with Crippen LogP contribution >= 0.6 is 0 Å². The summed E-state index contributed by atoms with van der Waals surface area (Å²) < 4.78 is 24.5. The minimum atomic E-state index is -0.602. The van der Waals surface area contributed by atoms with Crippen molar-refractivity contribution in [3.63, 3.8) is 0 Å². The van der Waals surface area contributed by atoms with Gasteiger partial charge in [0.05, 0.1) is 37.8 Å². The number of amides is 2. The van der Waals surface area contributed by atoms with Crippen LogP contribution in [0.4, 0.5) is 14.9 Å².